The van der Waals surface area contributed by atoms with Gasteiger partial charge in [0.2, 0.25) is 0 Å². The smallest absolute Gasteiger partial charge is 0.162 e. The highest BCUT2D eigenvalue weighted by Gasteiger charge is 2.17. The highest BCUT2D eigenvalue weighted by atomic mass is 32.1. The molecule has 0 saturated heterocycles. The molecular weight excluding hydrogens is 246 g/mol. The number of aryl methyl sites for hydroxylation is 1. The topological polar surface area (TPSA) is 46.0 Å². The minimum atomic E-state index is -0.915. The van der Waals surface area contributed by atoms with Crippen LogP contribution in [0.5, 0.6) is 0 Å². The van der Waals surface area contributed by atoms with Gasteiger partial charge in [-0.15, -0.1) is 5.10 Å². The molecular formula is C11H10F2N2OS. The lowest BCUT2D eigenvalue weighted by Gasteiger charge is -2.09. The van der Waals surface area contributed by atoms with Crippen LogP contribution in [0.1, 0.15) is 22.2 Å². The summed E-state index contributed by atoms with van der Waals surface area (Å²) in [5.41, 5.74) is 0.754. The quantitative estimate of drug-likeness (QED) is 0.917. The van der Waals surface area contributed by atoms with E-state index in [1.807, 2.05) is 0 Å². The molecule has 0 aliphatic carbocycles. The van der Waals surface area contributed by atoms with Crippen molar-refractivity contribution >= 4 is 11.5 Å². The van der Waals surface area contributed by atoms with Gasteiger partial charge in [-0.1, -0.05) is 16.6 Å². The summed E-state index contributed by atoms with van der Waals surface area (Å²) >= 11 is 1.06. The normalized spacial score (nSPS) is 12.7. The van der Waals surface area contributed by atoms with E-state index >= 15 is 0 Å². The number of hydrogen-bond donors (Lipinski definition) is 1. The molecule has 0 bridgehead atoms. The van der Waals surface area contributed by atoms with Gasteiger partial charge in [0, 0.05) is 6.42 Å². The van der Waals surface area contributed by atoms with Gasteiger partial charge in [0.05, 0.1) is 16.7 Å². The third-order valence-electron chi connectivity index (χ3n) is 2.43. The van der Waals surface area contributed by atoms with Gasteiger partial charge in [0.25, 0.3) is 0 Å². The summed E-state index contributed by atoms with van der Waals surface area (Å²) in [5, 5.41) is 13.7. The Morgan fingerprint density at radius 2 is 2.18 bits per heavy atom. The van der Waals surface area contributed by atoms with Crippen LogP contribution in [0.2, 0.25) is 0 Å². The van der Waals surface area contributed by atoms with Crippen molar-refractivity contribution in [3.8, 4) is 0 Å². The molecule has 2 rings (SSSR count). The van der Waals surface area contributed by atoms with Crippen LogP contribution in [-0.2, 0) is 6.42 Å². The number of halogens is 2. The molecule has 0 radical (unpaired) electrons. The molecule has 0 saturated carbocycles. The Labute approximate surface area is 101 Å². The number of benzene rings is 1. The van der Waals surface area contributed by atoms with Gasteiger partial charge in [-0.2, -0.15) is 0 Å². The molecule has 17 heavy (non-hydrogen) atoms. The Morgan fingerprint density at radius 3 is 2.82 bits per heavy atom. The summed E-state index contributed by atoms with van der Waals surface area (Å²) in [6, 6.07) is 3.91. The first-order chi connectivity index (χ1) is 8.09. The Balaban J connectivity index is 2.22. The Morgan fingerprint density at radius 1 is 1.41 bits per heavy atom. The fourth-order valence-electron chi connectivity index (χ4n) is 1.55. The molecule has 1 aromatic carbocycles. The Hall–Kier alpha value is -1.40. The van der Waals surface area contributed by atoms with E-state index in [0.29, 0.717) is 10.6 Å². The van der Waals surface area contributed by atoms with Crippen molar-refractivity contribution in [2.24, 2.45) is 0 Å². The van der Waals surface area contributed by atoms with E-state index < -0.39 is 17.7 Å². The maximum atomic E-state index is 13.4. The van der Waals surface area contributed by atoms with Crippen LogP contribution in [0.3, 0.4) is 0 Å². The first-order valence-corrected chi connectivity index (χ1v) is 5.76. The van der Waals surface area contributed by atoms with E-state index in [-0.39, 0.29) is 12.0 Å². The molecule has 0 aliphatic rings. The molecule has 90 valence electrons. The fraction of sp³-hybridized carbons (Fsp3) is 0.273. The largest absolute Gasteiger partial charge is 0.387 e. The predicted octanol–water partition coefficient (Wildman–Crippen LogP) is 2.40. The van der Waals surface area contributed by atoms with E-state index in [1.165, 1.54) is 12.1 Å². The molecule has 1 N–H and O–H groups in total. The van der Waals surface area contributed by atoms with Gasteiger partial charge in [0.15, 0.2) is 11.6 Å². The van der Waals surface area contributed by atoms with Crippen molar-refractivity contribution < 1.29 is 13.9 Å². The van der Waals surface area contributed by atoms with E-state index in [2.05, 4.69) is 9.59 Å². The van der Waals surface area contributed by atoms with Crippen molar-refractivity contribution in [1.29, 1.82) is 0 Å². The van der Waals surface area contributed by atoms with Crippen molar-refractivity contribution in [3.63, 3.8) is 0 Å². The van der Waals surface area contributed by atoms with Crippen molar-refractivity contribution in [2.45, 2.75) is 19.4 Å². The maximum absolute atomic E-state index is 13.4. The highest BCUT2D eigenvalue weighted by molar-refractivity contribution is 7.05. The van der Waals surface area contributed by atoms with Gasteiger partial charge in [-0.3, -0.25) is 0 Å². The average Bonchev–Trinajstić information content (AvgIpc) is 2.71. The van der Waals surface area contributed by atoms with Crippen LogP contribution in [-0.4, -0.2) is 14.7 Å². The van der Waals surface area contributed by atoms with Crippen LogP contribution < -0.4 is 0 Å². The summed E-state index contributed by atoms with van der Waals surface area (Å²) in [5.74, 6) is -1.82. The Kier molecular flexibility index (Phi) is 3.44. The number of hydrogen-bond acceptors (Lipinski definition) is 4. The zero-order valence-electron chi connectivity index (χ0n) is 9.02. The molecule has 1 atom stereocenters. The van der Waals surface area contributed by atoms with Crippen LogP contribution >= 0.6 is 11.5 Å². The molecule has 0 aliphatic heterocycles. The third-order valence-corrected chi connectivity index (χ3v) is 3.36. The first kappa shape index (κ1) is 12.1. The second kappa shape index (κ2) is 4.85. The van der Waals surface area contributed by atoms with E-state index in [1.54, 1.807) is 6.92 Å². The summed E-state index contributed by atoms with van der Waals surface area (Å²) in [6.07, 6.45) is -0.903. The Bertz CT molecular complexity index is 530. The minimum absolute atomic E-state index is 0.00824. The highest BCUT2D eigenvalue weighted by Crippen LogP contribution is 2.24. The number of aromatic nitrogens is 2. The lowest BCUT2D eigenvalue weighted by atomic mass is 10.1. The molecule has 0 spiro atoms. The van der Waals surface area contributed by atoms with Crippen LogP contribution in [0.4, 0.5) is 8.78 Å². The van der Waals surface area contributed by atoms with Crippen LogP contribution in [0.25, 0.3) is 0 Å². The predicted molar refractivity (Wildman–Crippen MR) is 59.7 cm³/mol. The van der Waals surface area contributed by atoms with Gasteiger partial charge >= 0.3 is 0 Å². The monoisotopic (exact) mass is 256 g/mol. The van der Waals surface area contributed by atoms with Gasteiger partial charge in [-0.25, -0.2) is 8.78 Å². The van der Waals surface area contributed by atoms with Gasteiger partial charge in [0.1, 0.15) is 0 Å². The molecule has 1 unspecified atom stereocenters. The number of aliphatic hydroxyl groups excluding tert-OH is 1. The first-order valence-electron chi connectivity index (χ1n) is 4.99. The summed E-state index contributed by atoms with van der Waals surface area (Å²) < 4.78 is 30.1. The zero-order valence-corrected chi connectivity index (χ0v) is 9.84. The summed E-state index contributed by atoms with van der Waals surface area (Å²) in [6.45, 7) is 1.71. The number of nitrogens with zero attached hydrogens (tertiary/aromatic N) is 2. The van der Waals surface area contributed by atoms with E-state index in [4.69, 9.17) is 0 Å². The van der Waals surface area contributed by atoms with Crippen molar-refractivity contribution in [1.82, 2.24) is 9.59 Å². The van der Waals surface area contributed by atoms with Crippen LogP contribution in [0.15, 0.2) is 18.2 Å². The third kappa shape index (κ3) is 2.48. The second-order valence-electron chi connectivity index (χ2n) is 3.66. The minimum Gasteiger partial charge on any atom is -0.387 e. The summed E-state index contributed by atoms with van der Waals surface area (Å²) in [4.78, 5) is 0.577. The lowest BCUT2D eigenvalue weighted by Crippen LogP contribution is -2.04. The molecule has 1 heterocycles. The standard InChI is InChI=1S/C11H10F2N2OS/c1-6-11(17-15-14-6)9(16)5-7-3-2-4-8(12)10(7)13/h2-4,9,16H,5H2,1H3. The van der Waals surface area contributed by atoms with Crippen LogP contribution in [0, 0.1) is 18.6 Å². The zero-order chi connectivity index (χ0) is 12.4. The molecule has 0 amide bonds. The van der Waals surface area contributed by atoms with Gasteiger partial charge in [-0.05, 0) is 30.1 Å². The molecule has 0 fully saturated rings. The maximum Gasteiger partial charge on any atom is 0.162 e. The average molecular weight is 256 g/mol. The number of rotatable bonds is 3. The number of aliphatic hydroxyl groups is 1. The fourth-order valence-corrected chi connectivity index (χ4v) is 2.18. The molecule has 2 aromatic rings. The van der Waals surface area contributed by atoms with Crippen molar-refractivity contribution in [3.05, 3.63) is 46.0 Å². The molecule has 6 heteroatoms. The molecule has 3 nitrogen and oxygen atoms in total. The second-order valence-corrected chi connectivity index (χ2v) is 4.44. The van der Waals surface area contributed by atoms with Gasteiger partial charge < -0.3 is 5.11 Å². The molecule has 1 aromatic heterocycles. The SMILES string of the molecule is Cc1nnsc1C(O)Cc1cccc(F)c1F. The van der Waals surface area contributed by atoms with E-state index in [0.717, 1.165) is 17.6 Å². The lowest BCUT2D eigenvalue weighted by molar-refractivity contribution is 0.179. The van der Waals surface area contributed by atoms with E-state index in [9.17, 15) is 13.9 Å². The summed E-state index contributed by atoms with van der Waals surface area (Å²) in [7, 11) is 0. The van der Waals surface area contributed by atoms with Crippen molar-refractivity contribution in [2.75, 3.05) is 0 Å².